The van der Waals surface area contributed by atoms with Crippen LogP contribution in [0.5, 0.6) is 0 Å². The average Bonchev–Trinajstić information content (AvgIpc) is 2.98. The molecule has 2 saturated heterocycles. The Morgan fingerprint density at radius 3 is 2.50 bits per heavy atom. The lowest BCUT2D eigenvalue weighted by molar-refractivity contribution is -0.148. The molecule has 0 aromatic rings. The highest BCUT2D eigenvalue weighted by atomic mass is 16.5. The van der Waals surface area contributed by atoms with Crippen molar-refractivity contribution >= 4 is 11.9 Å². The third-order valence-electron chi connectivity index (χ3n) is 4.49. The van der Waals surface area contributed by atoms with E-state index in [1.807, 2.05) is 6.92 Å². The Kier molecular flexibility index (Phi) is 5.02. The Hall–Kier alpha value is -1.10. The standard InChI is InChI=1S/C15H25NO4/c1-3-4-5-6-9(2)16-14(17)12-10-7-8-11(20-10)13(12)15(18)19/h9-13H,3-8H2,1-2H3,(H,16,17)(H,18,19)/t9-,10+,11-,12-,13+/m1/s1. The van der Waals surface area contributed by atoms with Gasteiger partial charge in [-0.2, -0.15) is 0 Å². The molecule has 1 amide bonds. The van der Waals surface area contributed by atoms with E-state index in [-0.39, 0.29) is 24.2 Å². The molecule has 2 fully saturated rings. The molecule has 20 heavy (non-hydrogen) atoms. The van der Waals surface area contributed by atoms with Crippen LogP contribution in [0.4, 0.5) is 0 Å². The summed E-state index contributed by atoms with van der Waals surface area (Å²) >= 11 is 0. The fourth-order valence-electron chi connectivity index (χ4n) is 3.44. The number of rotatable bonds is 7. The molecule has 2 N–H and O–H groups in total. The number of fused-ring (bicyclic) bond motifs is 2. The van der Waals surface area contributed by atoms with E-state index in [9.17, 15) is 14.7 Å². The monoisotopic (exact) mass is 283 g/mol. The minimum absolute atomic E-state index is 0.0996. The molecule has 0 aliphatic carbocycles. The predicted molar refractivity (Wildman–Crippen MR) is 74.3 cm³/mol. The first-order chi connectivity index (χ1) is 9.54. The van der Waals surface area contributed by atoms with E-state index in [1.165, 1.54) is 0 Å². The summed E-state index contributed by atoms with van der Waals surface area (Å²) < 4.78 is 5.62. The number of unbranched alkanes of at least 4 members (excludes halogenated alkanes) is 2. The molecule has 0 aromatic carbocycles. The number of amides is 1. The number of hydrogen-bond donors (Lipinski definition) is 2. The quantitative estimate of drug-likeness (QED) is 0.700. The molecule has 0 unspecified atom stereocenters. The molecule has 2 heterocycles. The summed E-state index contributed by atoms with van der Waals surface area (Å²) in [5.41, 5.74) is 0. The second-order valence-corrected chi connectivity index (χ2v) is 6.09. The second kappa shape index (κ2) is 6.57. The van der Waals surface area contributed by atoms with E-state index in [4.69, 9.17) is 4.74 Å². The number of carboxylic acids is 1. The van der Waals surface area contributed by atoms with E-state index in [0.29, 0.717) is 0 Å². The van der Waals surface area contributed by atoms with Crippen LogP contribution in [0.15, 0.2) is 0 Å². The number of carbonyl (C=O) groups excluding carboxylic acids is 1. The van der Waals surface area contributed by atoms with Crippen molar-refractivity contribution in [3.8, 4) is 0 Å². The molecule has 0 saturated carbocycles. The molecule has 2 aliphatic rings. The topological polar surface area (TPSA) is 75.6 Å². The van der Waals surface area contributed by atoms with Gasteiger partial charge in [0, 0.05) is 6.04 Å². The molecule has 0 spiro atoms. The molecule has 5 nitrogen and oxygen atoms in total. The van der Waals surface area contributed by atoms with Gasteiger partial charge in [-0.3, -0.25) is 9.59 Å². The van der Waals surface area contributed by atoms with E-state index in [2.05, 4.69) is 12.2 Å². The van der Waals surface area contributed by atoms with E-state index in [1.54, 1.807) is 0 Å². The minimum Gasteiger partial charge on any atom is -0.481 e. The summed E-state index contributed by atoms with van der Waals surface area (Å²) in [5.74, 6) is -2.24. The molecule has 5 atom stereocenters. The van der Waals surface area contributed by atoms with Gasteiger partial charge in [-0.1, -0.05) is 26.2 Å². The summed E-state index contributed by atoms with van der Waals surface area (Å²) in [5, 5.41) is 12.3. The van der Waals surface area contributed by atoms with Crippen molar-refractivity contribution in [1.29, 1.82) is 0 Å². The minimum atomic E-state index is -0.906. The van der Waals surface area contributed by atoms with Crippen LogP contribution in [0.2, 0.25) is 0 Å². The third kappa shape index (κ3) is 3.14. The van der Waals surface area contributed by atoms with Crippen molar-refractivity contribution in [2.45, 2.75) is 70.6 Å². The molecular weight excluding hydrogens is 258 g/mol. The lowest BCUT2D eigenvalue weighted by atomic mass is 9.78. The lowest BCUT2D eigenvalue weighted by Crippen LogP contribution is -2.46. The zero-order valence-electron chi connectivity index (χ0n) is 12.3. The molecule has 2 aliphatic heterocycles. The summed E-state index contributed by atoms with van der Waals surface area (Å²) in [7, 11) is 0. The smallest absolute Gasteiger partial charge is 0.310 e. The summed E-state index contributed by atoms with van der Waals surface area (Å²) in [6.45, 7) is 4.13. The number of hydrogen-bond acceptors (Lipinski definition) is 3. The highest BCUT2D eigenvalue weighted by molar-refractivity contribution is 5.86. The van der Waals surface area contributed by atoms with Crippen LogP contribution in [0, 0.1) is 11.8 Å². The average molecular weight is 283 g/mol. The summed E-state index contributed by atoms with van der Waals surface area (Å²) in [4.78, 5) is 23.7. The molecular formula is C15H25NO4. The van der Waals surface area contributed by atoms with Crippen molar-refractivity contribution in [2.75, 3.05) is 0 Å². The maximum absolute atomic E-state index is 12.3. The highest BCUT2D eigenvalue weighted by Crippen LogP contribution is 2.43. The SMILES string of the molecule is CCCCC[C@@H](C)NC(=O)[C@H]1[C@@H](C(=O)O)[C@H]2CC[C@@H]1O2. The fourth-order valence-corrected chi connectivity index (χ4v) is 3.44. The van der Waals surface area contributed by atoms with E-state index in [0.717, 1.165) is 38.5 Å². The maximum atomic E-state index is 12.3. The fraction of sp³-hybridized carbons (Fsp3) is 0.867. The lowest BCUT2D eigenvalue weighted by Gasteiger charge is -2.25. The normalized spacial score (nSPS) is 33.1. The van der Waals surface area contributed by atoms with Crippen molar-refractivity contribution < 1.29 is 19.4 Å². The van der Waals surface area contributed by atoms with Gasteiger partial charge in [0.25, 0.3) is 0 Å². The maximum Gasteiger partial charge on any atom is 0.310 e. The third-order valence-corrected chi connectivity index (χ3v) is 4.49. The zero-order valence-corrected chi connectivity index (χ0v) is 12.3. The Labute approximate surface area is 120 Å². The Morgan fingerprint density at radius 1 is 1.25 bits per heavy atom. The van der Waals surface area contributed by atoms with Crippen LogP contribution in [0.1, 0.15) is 52.4 Å². The van der Waals surface area contributed by atoms with Gasteiger partial charge in [-0.15, -0.1) is 0 Å². The zero-order chi connectivity index (χ0) is 14.7. The van der Waals surface area contributed by atoms with Gasteiger partial charge in [0.15, 0.2) is 0 Å². The van der Waals surface area contributed by atoms with Crippen LogP contribution in [0.3, 0.4) is 0 Å². The largest absolute Gasteiger partial charge is 0.481 e. The van der Waals surface area contributed by atoms with Crippen molar-refractivity contribution in [3.63, 3.8) is 0 Å². The number of carbonyl (C=O) groups is 2. The van der Waals surface area contributed by atoms with Gasteiger partial charge in [0.05, 0.1) is 24.0 Å². The number of carboxylic acid groups (broad SMARTS) is 1. The van der Waals surface area contributed by atoms with Crippen LogP contribution < -0.4 is 5.32 Å². The van der Waals surface area contributed by atoms with Gasteiger partial charge in [-0.25, -0.2) is 0 Å². The first-order valence-electron chi connectivity index (χ1n) is 7.73. The van der Waals surface area contributed by atoms with Gasteiger partial charge >= 0.3 is 5.97 Å². The van der Waals surface area contributed by atoms with Gasteiger partial charge < -0.3 is 15.2 Å². The molecule has 0 aromatic heterocycles. The highest BCUT2D eigenvalue weighted by Gasteiger charge is 2.55. The Bertz CT molecular complexity index is 371. The Morgan fingerprint density at radius 2 is 1.90 bits per heavy atom. The molecule has 0 radical (unpaired) electrons. The number of aliphatic carboxylic acids is 1. The Balaban J connectivity index is 1.89. The van der Waals surface area contributed by atoms with Crippen molar-refractivity contribution in [2.24, 2.45) is 11.8 Å². The molecule has 2 bridgehead atoms. The van der Waals surface area contributed by atoms with Crippen LogP contribution in [-0.2, 0) is 14.3 Å². The van der Waals surface area contributed by atoms with Gasteiger partial charge in [0.1, 0.15) is 0 Å². The number of nitrogens with one attached hydrogen (secondary N) is 1. The molecule has 5 heteroatoms. The second-order valence-electron chi connectivity index (χ2n) is 6.09. The van der Waals surface area contributed by atoms with Crippen molar-refractivity contribution in [1.82, 2.24) is 5.32 Å². The van der Waals surface area contributed by atoms with Crippen LogP contribution in [-0.4, -0.2) is 35.2 Å². The van der Waals surface area contributed by atoms with Crippen LogP contribution in [0.25, 0.3) is 0 Å². The molecule has 114 valence electrons. The van der Waals surface area contributed by atoms with Crippen molar-refractivity contribution in [3.05, 3.63) is 0 Å². The summed E-state index contributed by atoms with van der Waals surface area (Å²) in [6, 6.07) is 0.0996. The predicted octanol–water partition coefficient (Wildman–Crippen LogP) is 1.95. The van der Waals surface area contributed by atoms with E-state index >= 15 is 0 Å². The van der Waals surface area contributed by atoms with Crippen LogP contribution >= 0.6 is 0 Å². The summed E-state index contributed by atoms with van der Waals surface area (Å²) in [6.07, 6.45) is 5.44. The van der Waals surface area contributed by atoms with E-state index < -0.39 is 17.8 Å². The number of ether oxygens (including phenoxy) is 1. The van der Waals surface area contributed by atoms with Gasteiger partial charge in [0.2, 0.25) is 5.91 Å². The first-order valence-corrected chi connectivity index (χ1v) is 7.73. The molecule has 2 rings (SSSR count). The first kappa shape index (κ1) is 15.3. The van der Waals surface area contributed by atoms with Gasteiger partial charge in [-0.05, 0) is 26.2 Å².